The topological polar surface area (TPSA) is 0 Å². The molecule has 3 unspecified atom stereocenters. The first-order valence-corrected chi connectivity index (χ1v) is 6.43. The first-order valence-electron chi connectivity index (χ1n) is 6.43. The summed E-state index contributed by atoms with van der Waals surface area (Å²) < 4.78 is 0. The molecule has 1 saturated carbocycles. The molecule has 2 bridgehead atoms. The van der Waals surface area contributed by atoms with Crippen LogP contribution >= 0.6 is 0 Å². The molecule has 0 aromatic carbocycles. The molecule has 84 valence electrons. The molecule has 2 rings (SSSR count). The van der Waals surface area contributed by atoms with E-state index in [0.717, 1.165) is 17.8 Å². The van der Waals surface area contributed by atoms with Gasteiger partial charge in [-0.05, 0) is 55.8 Å². The van der Waals surface area contributed by atoms with Gasteiger partial charge >= 0.3 is 0 Å². The minimum absolute atomic E-state index is 0.403. The third-order valence-electron chi connectivity index (χ3n) is 4.19. The SMILES string of the molecule is C/C=C/C(C)(C)CCC1CC2C=CC1C2. The van der Waals surface area contributed by atoms with Gasteiger partial charge in [-0.3, -0.25) is 0 Å². The van der Waals surface area contributed by atoms with Crippen molar-refractivity contribution >= 4 is 0 Å². The summed E-state index contributed by atoms with van der Waals surface area (Å²) in [5.41, 5.74) is 0.403. The lowest BCUT2D eigenvalue weighted by molar-refractivity contribution is 0.329. The maximum absolute atomic E-state index is 2.47. The zero-order valence-electron chi connectivity index (χ0n) is 10.4. The highest BCUT2D eigenvalue weighted by Crippen LogP contribution is 2.46. The van der Waals surface area contributed by atoms with E-state index in [1.54, 1.807) is 0 Å². The average molecular weight is 204 g/mol. The second-order valence-corrected chi connectivity index (χ2v) is 6.07. The Labute approximate surface area is 94.5 Å². The number of rotatable bonds is 4. The highest BCUT2D eigenvalue weighted by molar-refractivity contribution is 5.10. The molecule has 2 aliphatic carbocycles. The lowest BCUT2D eigenvalue weighted by Crippen LogP contribution is -2.13. The van der Waals surface area contributed by atoms with Gasteiger partial charge in [0.1, 0.15) is 0 Å². The highest BCUT2D eigenvalue weighted by atomic mass is 14.4. The molecule has 15 heavy (non-hydrogen) atoms. The van der Waals surface area contributed by atoms with Crippen LogP contribution < -0.4 is 0 Å². The van der Waals surface area contributed by atoms with Crippen LogP contribution in [0.25, 0.3) is 0 Å². The highest BCUT2D eigenvalue weighted by Gasteiger charge is 2.35. The van der Waals surface area contributed by atoms with Gasteiger partial charge in [0, 0.05) is 0 Å². The Morgan fingerprint density at radius 3 is 2.60 bits per heavy atom. The van der Waals surface area contributed by atoms with Crippen LogP contribution in [0.1, 0.15) is 46.5 Å². The van der Waals surface area contributed by atoms with Crippen molar-refractivity contribution in [3.63, 3.8) is 0 Å². The predicted molar refractivity (Wildman–Crippen MR) is 66.7 cm³/mol. The van der Waals surface area contributed by atoms with Crippen molar-refractivity contribution in [1.29, 1.82) is 0 Å². The van der Waals surface area contributed by atoms with Gasteiger partial charge in [0.25, 0.3) is 0 Å². The Morgan fingerprint density at radius 2 is 2.07 bits per heavy atom. The van der Waals surface area contributed by atoms with Crippen molar-refractivity contribution in [3.05, 3.63) is 24.3 Å². The molecule has 0 aromatic rings. The van der Waals surface area contributed by atoms with Crippen LogP contribution in [0.4, 0.5) is 0 Å². The van der Waals surface area contributed by atoms with E-state index in [2.05, 4.69) is 45.1 Å². The van der Waals surface area contributed by atoms with Crippen LogP contribution in [0.5, 0.6) is 0 Å². The quantitative estimate of drug-likeness (QED) is 0.588. The van der Waals surface area contributed by atoms with Gasteiger partial charge < -0.3 is 0 Å². The van der Waals surface area contributed by atoms with E-state index in [1.165, 1.54) is 25.7 Å². The lowest BCUT2D eigenvalue weighted by Gasteiger charge is -2.25. The average Bonchev–Trinajstić information content (AvgIpc) is 2.75. The van der Waals surface area contributed by atoms with E-state index in [0.29, 0.717) is 5.41 Å². The summed E-state index contributed by atoms with van der Waals surface area (Å²) in [6.45, 7) is 6.84. The van der Waals surface area contributed by atoms with Gasteiger partial charge in [-0.2, -0.15) is 0 Å². The van der Waals surface area contributed by atoms with Crippen LogP contribution in [0.15, 0.2) is 24.3 Å². The van der Waals surface area contributed by atoms with Crippen LogP contribution in [-0.4, -0.2) is 0 Å². The van der Waals surface area contributed by atoms with Crippen molar-refractivity contribution in [2.75, 3.05) is 0 Å². The zero-order valence-corrected chi connectivity index (χ0v) is 10.4. The fourth-order valence-electron chi connectivity index (χ4n) is 3.32. The van der Waals surface area contributed by atoms with E-state index in [1.807, 2.05) is 0 Å². The number of allylic oxidation sites excluding steroid dienone is 4. The molecule has 0 amide bonds. The second kappa shape index (κ2) is 4.15. The van der Waals surface area contributed by atoms with Crippen LogP contribution in [-0.2, 0) is 0 Å². The van der Waals surface area contributed by atoms with Gasteiger partial charge in [-0.25, -0.2) is 0 Å². The van der Waals surface area contributed by atoms with Crippen molar-refractivity contribution in [1.82, 2.24) is 0 Å². The third-order valence-corrected chi connectivity index (χ3v) is 4.19. The van der Waals surface area contributed by atoms with Crippen LogP contribution in [0.2, 0.25) is 0 Å². The smallest absolute Gasteiger partial charge is 0.0175 e. The van der Waals surface area contributed by atoms with E-state index in [4.69, 9.17) is 0 Å². The van der Waals surface area contributed by atoms with Gasteiger partial charge in [0.15, 0.2) is 0 Å². The summed E-state index contributed by atoms with van der Waals surface area (Å²) >= 11 is 0. The lowest BCUT2D eigenvalue weighted by atomic mass is 9.81. The maximum Gasteiger partial charge on any atom is -0.0175 e. The standard InChI is InChI=1S/C15H24/c1-4-8-15(2,3)9-7-14-11-12-5-6-13(14)10-12/h4-6,8,12-14H,7,9-11H2,1-3H3/b8-4+. The van der Waals surface area contributed by atoms with Crippen molar-refractivity contribution < 1.29 is 0 Å². The summed E-state index contributed by atoms with van der Waals surface area (Å²) in [6.07, 6.45) is 15.2. The summed E-state index contributed by atoms with van der Waals surface area (Å²) in [7, 11) is 0. The van der Waals surface area contributed by atoms with Crippen LogP contribution in [0, 0.1) is 23.2 Å². The summed E-state index contributed by atoms with van der Waals surface area (Å²) in [5, 5.41) is 0. The Hall–Kier alpha value is -0.520. The number of fused-ring (bicyclic) bond motifs is 2. The van der Waals surface area contributed by atoms with Gasteiger partial charge in [-0.15, -0.1) is 0 Å². The van der Waals surface area contributed by atoms with Gasteiger partial charge in [0.05, 0.1) is 0 Å². The third kappa shape index (κ3) is 2.53. The minimum atomic E-state index is 0.403. The van der Waals surface area contributed by atoms with E-state index in [-0.39, 0.29) is 0 Å². The normalized spacial score (nSPS) is 34.5. The van der Waals surface area contributed by atoms with E-state index < -0.39 is 0 Å². The molecule has 0 N–H and O–H groups in total. The molecule has 0 heteroatoms. The second-order valence-electron chi connectivity index (χ2n) is 6.07. The summed E-state index contributed by atoms with van der Waals surface area (Å²) in [5.74, 6) is 2.85. The molecule has 1 fully saturated rings. The minimum Gasteiger partial charge on any atom is -0.0911 e. The maximum atomic E-state index is 2.47. The van der Waals surface area contributed by atoms with Crippen molar-refractivity contribution in [3.8, 4) is 0 Å². The number of hydrogen-bond acceptors (Lipinski definition) is 0. The summed E-state index contributed by atoms with van der Waals surface area (Å²) in [4.78, 5) is 0. The Morgan fingerprint density at radius 1 is 1.27 bits per heavy atom. The van der Waals surface area contributed by atoms with Gasteiger partial charge in [-0.1, -0.05) is 38.2 Å². The molecular weight excluding hydrogens is 180 g/mol. The fraction of sp³-hybridized carbons (Fsp3) is 0.733. The Balaban J connectivity index is 1.82. The molecule has 0 aromatic heterocycles. The Bertz CT molecular complexity index is 270. The predicted octanol–water partition coefficient (Wildman–Crippen LogP) is 4.58. The fourth-order valence-corrected chi connectivity index (χ4v) is 3.32. The monoisotopic (exact) mass is 204 g/mol. The van der Waals surface area contributed by atoms with Crippen molar-refractivity contribution in [2.45, 2.75) is 46.5 Å². The first-order chi connectivity index (χ1) is 7.11. The molecule has 3 atom stereocenters. The first kappa shape index (κ1) is 11.0. The van der Waals surface area contributed by atoms with Crippen LogP contribution in [0.3, 0.4) is 0 Å². The van der Waals surface area contributed by atoms with Gasteiger partial charge in [0.2, 0.25) is 0 Å². The molecule has 0 radical (unpaired) electrons. The molecular formula is C15H24. The molecule has 2 aliphatic rings. The number of hydrogen-bond donors (Lipinski definition) is 0. The molecule has 0 heterocycles. The molecule has 0 spiro atoms. The summed E-state index contributed by atoms with van der Waals surface area (Å²) in [6, 6.07) is 0. The molecule has 0 saturated heterocycles. The van der Waals surface area contributed by atoms with E-state index in [9.17, 15) is 0 Å². The van der Waals surface area contributed by atoms with E-state index >= 15 is 0 Å². The van der Waals surface area contributed by atoms with Crippen molar-refractivity contribution in [2.24, 2.45) is 23.2 Å². The largest absolute Gasteiger partial charge is 0.0911 e. The zero-order chi connectivity index (χ0) is 10.9. The Kier molecular flexibility index (Phi) is 3.04. The molecule has 0 nitrogen and oxygen atoms in total. The molecule has 0 aliphatic heterocycles.